The van der Waals surface area contributed by atoms with Gasteiger partial charge in [0.15, 0.2) is 0 Å². The lowest BCUT2D eigenvalue weighted by molar-refractivity contribution is 0.0684. The van der Waals surface area contributed by atoms with E-state index in [-0.39, 0.29) is 11.0 Å². The maximum atomic E-state index is 12.1. The summed E-state index contributed by atoms with van der Waals surface area (Å²) in [5, 5.41) is 8.48. The summed E-state index contributed by atoms with van der Waals surface area (Å²) in [6.07, 6.45) is -2.74. The summed E-state index contributed by atoms with van der Waals surface area (Å²) in [4.78, 5) is 10.4. The van der Waals surface area contributed by atoms with Crippen LogP contribution >= 0.6 is 0 Å². The van der Waals surface area contributed by atoms with Crippen molar-refractivity contribution in [3.63, 3.8) is 0 Å². The summed E-state index contributed by atoms with van der Waals surface area (Å²) in [5.41, 5.74) is -0.780. The molecule has 0 aliphatic rings. The molecule has 0 radical (unpaired) electrons. The Kier molecular flexibility index (Phi) is 4.00. The molecular weight excluding hydrogens is 182 g/mol. The van der Waals surface area contributed by atoms with Gasteiger partial charge in [-0.25, -0.2) is 13.6 Å². The van der Waals surface area contributed by atoms with Crippen LogP contribution in [-0.2, 0) is 0 Å². The molecule has 1 rings (SSSR count). The Morgan fingerprint density at radius 3 is 2.23 bits per heavy atom. The van der Waals surface area contributed by atoms with Crippen LogP contribution in [0.25, 0.3) is 0 Å². The standard InChI is InChI=1S/C8H6F2O2.H2O/c9-7(10)5-3-1-2-4-6(5)8(11)12;/h1-4,7H,(H,11,12);1H2. The molecule has 0 spiro atoms. The highest BCUT2D eigenvalue weighted by Crippen LogP contribution is 2.22. The van der Waals surface area contributed by atoms with Gasteiger partial charge in [0.05, 0.1) is 5.56 Å². The van der Waals surface area contributed by atoms with E-state index in [0.29, 0.717) is 0 Å². The maximum Gasteiger partial charge on any atom is 0.336 e. The van der Waals surface area contributed by atoms with E-state index in [1.165, 1.54) is 12.1 Å². The van der Waals surface area contributed by atoms with Gasteiger partial charge in [-0.3, -0.25) is 0 Å². The van der Waals surface area contributed by atoms with Crippen LogP contribution in [0.4, 0.5) is 8.78 Å². The summed E-state index contributed by atoms with van der Waals surface area (Å²) in [6.45, 7) is 0. The van der Waals surface area contributed by atoms with Crippen molar-refractivity contribution in [1.82, 2.24) is 0 Å². The van der Waals surface area contributed by atoms with Crippen molar-refractivity contribution in [2.45, 2.75) is 6.43 Å². The van der Waals surface area contributed by atoms with E-state index in [9.17, 15) is 13.6 Å². The Labute approximate surface area is 72.9 Å². The van der Waals surface area contributed by atoms with Gasteiger partial charge in [0.1, 0.15) is 0 Å². The monoisotopic (exact) mass is 190 g/mol. The van der Waals surface area contributed by atoms with Crippen molar-refractivity contribution in [2.75, 3.05) is 0 Å². The van der Waals surface area contributed by atoms with Gasteiger partial charge in [-0.1, -0.05) is 18.2 Å². The van der Waals surface area contributed by atoms with Gasteiger partial charge in [-0.2, -0.15) is 0 Å². The number of carboxylic acid groups (broad SMARTS) is 1. The number of carboxylic acids is 1. The van der Waals surface area contributed by atoms with Gasteiger partial charge < -0.3 is 10.6 Å². The number of hydrogen-bond acceptors (Lipinski definition) is 1. The molecule has 0 fully saturated rings. The number of hydrogen-bond donors (Lipinski definition) is 1. The van der Waals surface area contributed by atoms with Crippen LogP contribution in [0.15, 0.2) is 24.3 Å². The molecule has 1 aromatic carbocycles. The van der Waals surface area contributed by atoms with E-state index in [4.69, 9.17) is 5.11 Å². The number of alkyl halides is 2. The second kappa shape index (κ2) is 4.51. The predicted molar refractivity (Wildman–Crippen MR) is 42.0 cm³/mol. The fourth-order valence-corrected chi connectivity index (χ4v) is 0.882. The van der Waals surface area contributed by atoms with Crippen LogP contribution < -0.4 is 0 Å². The van der Waals surface area contributed by atoms with Gasteiger partial charge in [-0.05, 0) is 6.07 Å². The molecule has 13 heavy (non-hydrogen) atoms. The summed E-state index contributed by atoms with van der Waals surface area (Å²) < 4.78 is 24.2. The van der Waals surface area contributed by atoms with E-state index in [0.717, 1.165) is 12.1 Å². The zero-order chi connectivity index (χ0) is 9.14. The maximum absolute atomic E-state index is 12.1. The first-order valence-corrected chi connectivity index (χ1v) is 3.23. The van der Waals surface area contributed by atoms with Crippen molar-refractivity contribution in [2.24, 2.45) is 0 Å². The molecule has 0 aromatic heterocycles. The minimum atomic E-state index is -2.74. The molecule has 3 nitrogen and oxygen atoms in total. The highest BCUT2D eigenvalue weighted by atomic mass is 19.3. The number of benzene rings is 1. The predicted octanol–water partition coefficient (Wildman–Crippen LogP) is 1.50. The van der Waals surface area contributed by atoms with E-state index >= 15 is 0 Å². The Balaban J connectivity index is 0.00000144. The number of halogens is 2. The zero-order valence-corrected chi connectivity index (χ0v) is 6.50. The third-order valence-electron chi connectivity index (χ3n) is 1.43. The second-order valence-electron chi connectivity index (χ2n) is 2.19. The lowest BCUT2D eigenvalue weighted by atomic mass is 10.1. The second-order valence-corrected chi connectivity index (χ2v) is 2.19. The van der Waals surface area contributed by atoms with Gasteiger partial charge in [0, 0.05) is 5.56 Å². The van der Waals surface area contributed by atoms with Crippen LogP contribution in [0.2, 0.25) is 0 Å². The molecule has 0 atom stereocenters. The molecule has 3 N–H and O–H groups in total. The average Bonchev–Trinajstić information content (AvgIpc) is 2.04. The topological polar surface area (TPSA) is 68.8 Å². The average molecular weight is 190 g/mol. The Morgan fingerprint density at radius 1 is 1.31 bits per heavy atom. The molecular formula is C8H8F2O3. The highest BCUT2D eigenvalue weighted by Gasteiger charge is 2.15. The van der Waals surface area contributed by atoms with Crippen molar-refractivity contribution in [3.8, 4) is 0 Å². The van der Waals surface area contributed by atoms with Crippen molar-refractivity contribution in [1.29, 1.82) is 0 Å². The van der Waals surface area contributed by atoms with E-state index < -0.39 is 18.0 Å². The minimum absolute atomic E-state index is 0. The van der Waals surface area contributed by atoms with Crippen molar-refractivity contribution >= 4 is 5.97 Å². The molecule has 0 unspecified atom stereocenters. The van der Waals surface area contributed by atoms with E-state index in [2.05, 4.69) is 0 Å². The van der Waals surface area contributed by atoms with Gasteiger partial charge in [0.25, 0.3) is 6.43 Å². The van der Waals surface area contributed by atoms with Gasteiger partial charge >= 0.3 is 5.97 Å². The van der Waals surface area contributed by atoms with E-state index in [1.807, 2.05) is 0 Å². The van der Waals surface area contributed by atoms with Crippen LogP contribution in [0.5, 0.6) is 0 Å². The summed E-state index contributed by atoms with van der Waals surface area (Å²) in [7, 11) is 0. The van der Waals surface area contributed by atoms with Gasteiger partial charge in [-0.15, -0.1) is 0 Å². The smallest absolute Gasteiger partial charge is 0.336 e. The quantitative estimate of drug-likeness (QED) is 0.767. The lowest BCUT2D eigenvalue weighted by Gasteiger charge is -2.02. The lowest BCUT2D eigenvalue weighted by Crippen LogP contribution is -2.01. The normalized spacial score (nSPS) is 9.46. The van der Waals surface area contributed by atoms with E-state index in [1.54, 1.807) is 0 Å². The summed E-state index contributed by atoms with van der Waals surface area (Å²) in [5.74, 6) is -1.33. The van der Waals surface area contributed by atoms with Crippen molar-refractivity contribution < 1.29 is 24.2 Å². The molecule has 0 heterocycles. The van der Waals surface area contributed by atoms with Gasteiger partial charge in [0.2, 0.25) is 0 Å². The Bertz CT molecular complexity index is 299. The fourth-order valence-electron chi connectivity index (χ4n) is 0.882. The molecule has 0 aliphatic heterocycles. The molecule has 0 saturated heterocycles. The fraction of sp³-hybridized carbons (Fsp3) is 0.125. The first-order valence-electron chi connectivity index (χ1n) is 3.23. The third-order valence-corrected chi connectivity index (χ3v) is 1.43. The number of rotatable bonds is 2. The highest BCUT2D eigenvalue weighted by molar-refractivity contribution is 5.89. The first kappa shape index (κ1) is 11.5. The molecule has 1 aromatic rings. The largest absolute Gasteiger partial charge is 0.478 e. The van der Waals surface area contributed by atoms with Crippen LogP contribution in [0, 0.1) is 0 Å². The van der Waals surface area contributed by atoms with Crippen LogP contribution in [0.3, 0.4) is 0 Å². The van der Waals surface area contributed by atoms with Crippen LogP contribution in [0.1, 0.15) is 22.3 Å². The first-order chi connectivity index (χ1) is 5.63. The molecule has 0 saturated carbocycles. The summed E-state index contributed by atoms with van der Waals surface area (Å²) >= 11 is 0. The summed E-state index contributed by atoms with van der Waals surface area (Å²) in [6, 6.07) is 5.06. The molecule has 72 valence electrons. The zero-order valence-electron chi connectivity index (χ0n) is 6.50. The Morgan fingerprint density at radius 2 is 1.85 bits per heavy atom. The minimum Gasteiger partial charge on any atom is -0.478 e. The number of carbonyl (C=O) groups is 1. The number of aromatic carboxylic acids is 1. The Hall–Kier alpha value is -1.49. The van der Waals surface area contributed by atoms with Crippen molar-refractivity contribution in [3.05, 3.63) is 35.4 Å². The van der Waals surface area contributed by atoms with Crippen LogP contribution in [-0.4, -0.2) is 16.6 Å². The molecule has 5 heteroatoms. The molecule has 0 amide bonds. The third kappa shape index (κ3) is 2.48. The molecule has 0 aliphatic carbocycles. The SMILES string of the molecule is O.O=C(O)c1ccccc1C(F)F. The molecule has 0 bridgehead atoms.